The molecule has 0 fully saturated rings. The van der Waals surface area contributed by atoms with E-state index in [0.29, 0.717) is 30.0 Å². The molecule has 0 unspecified atom stereocenters. The first-order chi connectivity index (χ1) is 10.0. The van der Waals surface area contributed by atoms with Gasteiger partial charge in [-0.3, -0.25) is 4.79 Å². The fourth-order valence-corrected chi connectivity index (χ4v) is 2.07. The lowest BCUT2D eigenvalue weighted by atomic mass is 10.2. The molecule has 0 bridgehead atoms. The monoisotopic (exact) mass is 291 g/mol. The molecule has 1 aromatic carbocycles. The van der Waals surface area contributed by atoms with E-state index in [1.165, 1.54) is 12.1 Å². The number of nitrogens with one attached hydrogen (secondary N) is 1. The molecule has 0 atom stereocenters. The smallest absolute Gasteiger partial charge is 0.335 e. The van der Waals surface area contributed by atoms with E-state index in [2.05, 4.69) is 10.3 Å². The number of fused-ring (bicyclic) bond motifs is 1. The van der Waals surface area contributed by atoms with Crippen LogP contribution in [-0.2, 0) is 16.1 Å². The number of carbonyl (C=O) groups excluding carboxylic acids is 1. The van der Waals surface area contributed by atoms with Gasteiger partial charge in [-0.15, -0.1) is 0 Å². The topological polar surface area (TPSA) is 93.5 Å². The van der Waals surface area contributed by atoms with Gasteiger partial charge in [0.25, 0.3) is 0 Å². The van der Waals surface area contributed by atoms with Crippen molar-refractivity contribution in [3.8, 4) is 0 Å². The highest BCUT2D eigenvalue weighted by Crippen LogP contribution is 2.17. The summed E-state index contributed by atoms with van der Waals surface area (Å²) in [5.74, 6) is -0.517. The maximum Gasteiger partial charge on any atom is 0.335 e. The normalized spacial score (nSPS) is 10.8. The van der Waals surface area contributed by atoms with Crippen molar-refractivity contribution in [1.29, 1.82) is 0 Å². The molecule has 0 aliphatic heterocycles. The molecule has 112 valence electrons. The van der Waals surface area contributed by atoms with Gasteiger partial charge in [-0.2, -0.15) is 0 Å². The summed E-state index contributed by atoms with van der Waals surface area (Å²) < 4.78 is 6.56. The minimum absolute atomic E-state index is 0.0924. The average Bonchev–Trinajstić information content (AvgIpc) is 2.74. The second kappa shape index (κ2) is 6.36. The van der Waals surface area contributed by atoms with E-state index in [0.717, 1.165) is 0 Å². The number of ether oxygens (including phenoxy) is 1. The van der Waals surface area contributed by atoms with Crippen LogP contribution in [0.15, 0.2) is 18.2 Å². The number of aryl methyl sites for hydroxylation is 1. The van der Waals surface area contributed by atoms with Crippen molar-refractivity contribution in [3.63, 3.8) is 0 Å². The number of imidazole rings is 1. The molecular formula is C14H17N3O4. The zero-order valence-corrected chi connectivity index (χ0v) is 11.9. The van der Waals surface area contributed by atoms with Crippen LogP contribution in [0.3, 0.4) is 0 Å². The molecule has 0 spiro atoms. The first-order valence-electron chi connectivity index (χ1n) is 6.48. The Kier molecular flexibility index (Phi) is 4.54. The third kappa shape index (κ3) is 3.38. The Hall–Kier alpha value is -2.41. The van der Waals surface area contributed by atoms with E-state index in [-0.39, 0.29) is 18.0 Å². The van der Waals surface area contributed by atoms with Crippen molar-refractivity contribution in [1.82, 2.24) is 14.9 Å². The van der Waals surface area contributed by atoms with E-state index < -0.39 is 5.97 Å². The Morgan fingerprint density at radius 3 is 2.86 bits per heavy atom. The van der Waals surface area contributed by atoms with Crippen molar-refractivity contribution in [2.24, 2.45) is 0 Å². The highest BCUT2D eigenvalue weighted by molar-refractivity contribution is 5.93. The number of hydrogen-bond donors (Lipinski definition) is 2. The summed E-state index contributed by atoms with van der Waals surface area (Å²) in [6.07, 6.45) is 0. The van der Waals surface area contributed by atoms with Gasteiger partial charge in [0.1, 0.15) is 12.4 Å². The number of hydrogen-bond acceptors (Lipinski definition) is 4. The molecule has 1 aromatic heterocycles. The summed E-state index contributed by atoms with van der Waals surface area (Å²) in [5, 5.41) is 11.8. The Labute approximate surface area is 121 Å². The van der Waals surface area contributed by atoms with Gasteiger partial charge in [0.15, 0.2) is 0 Å². The largest absolute Gasteiger partial charge is 0.478 e. The lowest BCUT2D eigenvalue weighted by molar-refractivity contribution is -0.121. The number of amides is 1. The number of carboxylic acids is 1. The maximum atomic E-state index is 11.9. The van der Waals surface area contributed by atoms with E-state index in [1.54, 1.807) is 24.7 Å². The fraction of sp³-hybridized carbons (Fsp3) is 0.357. The van der Waals surface area contributed by atoms with Crippen molar-refractivity contribution in [2.45, 2.75) is 13.5 Å². The molecule has 21 heavy (non-hydrogen) atoms. The van der Waals surface area contributed by atoms with Crippen LogP contribution < -0.4 is 5.32 Å². The van der Waals surface area contributed by atoms with Gasteiger partial charge in [-0.1, -0.05) is 0 Å². The van der Waals surface area contributed by atoms with Gasteiger partial charge in [-0.05, 0) is 25.1 Å². The summed E-state index contributed by atoms with van der Waals surface area (Å²) in [7, 11) is 1.56. The van der Waals surface area contributed by atoms with Crippen molar-refractivity contribution in [2.75, 3.05) is 20.3 Å². The molecular weight excluding hydrogens is 274 g/mol. The van der Waals surface area contributed by atoms with Crippen LogP contribution in [0, 0.1) is 6.92 Å². The van der Waals surface area contributed by atoms with E-state index in [9.17, 15) is 9.59 Å². The average molecular weight is 291 g/mol. The SMILES string of the molecule is COCCNC(=O)Cn1c(C)nc2ccc(C(=O)O)cc21. The molecule has 1 amide bonds. The van der Waals surface area contributed by atoms with Crippen molar-refractivity contribution >= 4 is 22.9 Å². The minimum atomic E-state index is -1.01. The number of benzene rings is 1. The second-order valence-electron chi connectivity index (χ2n) is 4.60. The molecule has 2 rings (SSSR count). The highest BCUT2D eigenvalue weighted by Gasteiger charge is 2.13. The number of aromatic carboxylic acids is 1. The Balaban J connectivity index is 2.25. The fourth-order valence-electron chi connectivity index (χ4n) is 2.07. The quantitative estimate of drug-likeness (QED) is 0.768. The molecule has 7 nitrogen and oxygen atoms in total. The van der Waals surface area contributed by atoms with Gasteiger partial charge >= 0.3 is 5.97 Å². The van der Waals surface area contributed by atoms with Crippen LogP contribution in [0.1, 0.15) is 16.2 Å². The van der Waals surface area contributed by atoms with Gasteiger partial charge in [0.2, 0.25) is 5.91 Å². The predicted molar refractivity (Wildman–Crippen MR) is 76.3 cm³/mol. The second-order valence-corrected chi connectivity index (χ2v) is 4.60. The lowest BCUT2D eigenvalue weighted by Gasteiger charge is -2.08. The number of aromatic nitrogens is 2. The van der Waals surface area contributed by atoms with Crippen LogP contribution in [0.2, 0.25) is 0 Å². The summed E-state index contributed by atoms with van der Waals surface area (Å²) >= 11 is 0. The first-order valence-corrected chi connectivity index (χ1v) is 6.48. The van der Waals surface area contributed by atoms with Crippen LogP contribution in [0.25, 0.3) is 11.0 Å². The van der Waals surface area contributed by atoms with Crippen molar-refractivity contribution in [3.05, 3.63) is 29.6 Å². The molecule has 2 N–H and O–H groups in total. The van der Waals surface area contributed by atoms with Gasteiger partial charge in [0, 0.05) is 13.7 Å². The first kappa shape index (κ1) is 15.0. The lowest BCUT2D eigenvalue weighted by Crippen LogP contribution is -2.30. The maximum absolute atomic E-state index is 11.9. The standard InChI is InChI=1S/C14H17N3O4/c1-9-16-11-4-3-10(14(19)20)7-12(11)17(9)8-13(18)15-5-6-21-2/h3-4,7H,5-6,8H2,1-2H3,(H,15,18)(H,19,20). The third-order valence-corrected chi connectivity index (χ3v) is 3.12. The highest BCUT2D eigenvalue weighted by atomic mass is 16.5. The summed E-state index contributed by atoms with van der Waals surface area (Å²) in [6, 6.07) is 4.67. The van der Waals surface area contributed by atoms with Crippen LogP contribution in [-0.4, -0.2) is 46.8 Å². The molecule has 2 aromatic rings. The number of rotatable bonds is 6. The number of carbonyl (C=O) groups is 2. The van der Waals surface area contributed by atoms with E-state index in [4.69, 9.17) is 9.84 Å². The molecule has 0 aliphatic rings. The van der Waals surface area contributed by atoms with Crippen LogP contribution in [0.5, 0.6) is 0 Å². The Bertz CT molecular complexity index is 678. The van der Waals surface area contributed by atoms with E-state index in [1.807, 2.05) is 0 Å². The zero-order valence-electron chi connectivity index (χ0n) is 11.9. The van der Waals surface area contributed by atoms with E-state index >= 15 is 0 Å². The van der Waals surface area contributed by atoms with Gasteiger partial charge < -0.3 is 19.7 Å². The molecule has 7 heteroatoms. The predicted octanol–water partition coefficient (Wildman–Crippen LogP) is 0.806. The Morgan fingerprint density at radius 1 is 1.43 bits per heavy atom. The molecule has 0 saturated heterocycles. The summed E-state index contributed by atoms with van der Waals surface area (Å²) in [6.45, 7) is 2.75. The summed E-state index contributed by atoms with van der Waals surface area (Å²) in [4.78, 5) is 27.2. The van der Waals surface area contributed by atoms with Gasteiger partial charge in [0.05, 0.1) is 23.2 Å². The number of carboxylic acid groups (broad SMARTS) is 1. The van der Waals surface area contributed by atoms with Crippen molar-refractivity contribution < 1.29 is 19.4 Å². The van der Waals surface area contributed by atoms with Crippen LogP contribution in [0.4, 0.5) is 0 Å². The van der Waals surface area contributed by atoms with Gasteiger partial charge in [-0.25, -0.2) is 9.78 Å². The zero-order chi connectivity index (χ0) is 15.4. The Morgan fingerprint density at radius 2 is 2.19 bits per heavy atom. The molecule has 0 aliphatic carbocycles. The third-order valence-electron chi connectivity index (χ3n) is 3.12. The molecule has 0 saturated carbocycles. The number of nitrogens with zero attached hydrogens (tertiary/aromatic N) is 2. The number of methoxy groups -OCH3 is 1. The van der Waals surface area contributed by atoms with Crippen LogP contribution >= 0.6 is 0 Å². The molecule has 0 radical (unpaired) electrons. The minimum Gasteiger partial charge on any atom is -0.478 e. The molecule has 1 heterocycles. The summed E-state index contributed by atoms with van der Waals surface area (Å²) in [5.41, 5.74) is 1.47.